The van der Waals surface area contributed by atoms with Gasteiger partial charge < -0.3 is 14.8 Å². The van der Waals surface area contributed by atoms with Gasteiger partial charge in [-0.2, -0.15) is 0 Å². The molecule has 0 heterocycles. The predicted octanol–water partition coefficient (Wildman–Crippen LogP) is 3.74. The Kier molecular flexibility index (Phi) is 5.78. The van der Waals surface area contributed by atoms with Gasteiger partial charge in [-0.3, -0.25) is 4.79 Å². The van der Waals surface area contributed by atoms with Crippen molar-refractivity contribution >= 4 is 23.5 Å². The molecule has 2 aromatic rings. The lowest BCUT2D eigenvalue weighted by molar-refractivity contribution is -0.129. The Morgan fingerprint density at radius 2 is 1.77 bits per heavy atom. The van der Waals surface area contributed by atoms with E-state index in [2.05, 4.69) is 5.32 Å². The maximum atomic E-state index is 12.1. The highest BCUT2D eigenvalue weighted by molar-refractivity contribution is 6.30. The monoisotopic (exact) mass is 373 g/mol. The molecule has 136 valence electrons. The Bertz CT molecular complexity index is 769. The first kappa shape index (κ1) is 18.3. The summed E-state index contributed by atoms with van der Waals surface area (Å²) in [5, 5.41) is 3.47. The van der Waals surface area contributed by atoms with Crippen LogP contribution in [0, 0.1) is 0 Å². The fourth-order valence-electron chi connectivity index (χ4n) is 2.26. The molecule has 1 amide bonds. The Balaban J connectivity index is 1.50. The van der Waals surface area contributed by atoms with E-state index in [-0.39, 0.29) is 11.9 Å². The molecule has 1 saturated carbocycles. The number of esters is 1. The molecular weight excluding hydrogens is 354 g/mol. The zero-order valence-corrected chi connectivity index (χ0v) is 15.2. The first-order valence-corrected chi connectivity index (χ1v) is 8.88. The molecule has 5 nitrogen and oxygen atoms in total. The average Bonchev–Trinajstić information content (AvgIpc) is 3.45. The van der Waals surface area contributed by atoms with E-state index in [1.54, 1.807) is 55.5 Å². The third-order valence-corrected chi connectivity index (χ3v) is 4.24. The van der Waals surface area contributed by atoms with Crippen LogP contribution in [-0.2, 0) is 16.1 Å². The van der Waals surface area contributed by atoms with E-state index in [4.69, 9.17) is 21.1 Å². The summed E-state index contributed by atoms with van der Waals surface area (Å²) in [6.07, 6.45) is 1.17. The van der Waals surface area contributed by atoms with Crippen LogP contribution in [0.3, 0.4) is 0 Å². The molecule has 1 aliphatic rings. The van der Waals surface area contributed by atoms with Gasteiger partial charge in [0.05, 0.1) is 5.56 Å². The molecule has 1 N–H and O–H groups in total. The summed E-state index contributed by atoms with van der Waals surface area (Å²) in [4.78, 5) is 24.0. The van der Waals surface area contributed by atoms with Crippen molar-refractivity contribution in [2.45, 2.75) is 38.5 Å². The van der Waals surface area contributed by atoms with Crippen LogP contribution in [-0.4, -0.2) is 24.0 Å². The van der Waals surface area contributed by atoms with E-state index in [1.165, 1.54) is 0 Å². The molecule has 1 atom stereocenters. The van der Waals surface area contributed by atoms with Crippen molar-refractivity contribution in [1.82, 2.24) is 5.32 Å². The third kappa shape index (κ3) is 5.23. The summed E-state index contributed by atoms with van der Waals surface area (Å²) < 4.78 is 10.9. The predicted molar refractivity (Wildman–Crippen MR) is 98.3 cm³/mol. The number of hydrogen-bond acceptors (Lipinski definition) is 4. The van der Waals surface area contributed by atoms with Gasteiger partial charge in [0, 0.05) is 11.1 Å². The highest BCUT2D eigenvalue weighted by Gasteiger charge is 2.27. The normalized spacial score (nSPS) is 14.4. The minimum Gasteiger partial charge on any atom is -0.489 e. The Hall–Kier alpha value is -2.53. The van der Waals surface area contributed by atoms with Gasteiger partial charge in [0.1, 0.15) is 12.4 Å². The number of nitrogens with one attached hydrogen (secondary N) is 1. The summed E-state index contributed by atoms with van der Waals surface area (Å²) in [5.74, 6) is -0.0594. The lowest BCUT2D eigenvalue weighted by Crippen LogP contribution is -2.37. The van der Waals surface area contributed by atoms with Crippen LogP contribution in [0.15, 0.2) is 48.5 Å². The molecule has 0 saturated heterocycles. The Morgan fingerprint density at radius 3 is 2.38 bits per heavy atom. The van der Waals surface area contributed by atoms with Gasteiger partial charge in [-0.1, -0.05) is 23.7 Å². The SMILES string of the molecule is C[C@@H](OC(=O)c1ccc(COc2ccc(Cl)cc2)cc1)C(=O)NC1CC1. The second-order valence-corrected chi connectivity index (χ2v) is 6.71. The van der Waals surface area contributed by atoms with Crippen molar-refractivity contribution in [2.24, 2.45) is 0 Å². The maximum Gasteiger partial charge on any atom is 0.338 e. The number of carbonyl (C=O) groups excluding carboxylic acids is 2. The lowest BCUT2D eigenvalue weighted by atomic mass is 10.1. The van der Waals surface area contributed by atoms with E-state index in [0.29, 0.717) is 22.9 Å². The van der Waals surface area contributed by atoms with Crippen LogP contribution in [0.4, 0.5) is 0 Å². The minimum atomic E-state index is -0.809. The van der Waals surface area contributed by atoms with E-state index in [1.807, 2.05) is 0 Å². The summed E-state index contributed by atoms with van der Waals surface area (Å²) >= 11 is 5.83. The lowest BCUT2D eigenvalue weighted by Gasteiger charge is -2.13. The Morgan fingerprint density at radius 1 is 1.12 bits per heavy atom. The second kappa shape index (κ2) is 8.23. The molecule has 1 aliphatic carbocycles. The van der Waals surface area contributed by atoms with E-state index >= 15 is 0 Å². The van der Waals surface area contributed by atoms with Crippen LogP contribution < -0.4 is 10.1 Å². The number of carbonyl (C=O) groups is 2. The van der Waals surface area contributed by atoms with Crippen LogP contribution in [0.1, 0.15) is 35.7 Å². The van der Waals surface area contributed by atoms with Crippen molar-refractivity contribution in [2.75, 3.05) is 0 Å². The van der Waals surface area contributed by atoms with Crippen molar-refractivity contribution in [3.05, 3.63) is 64.7 Å². The van der Waals surface area contributed by atoms with E-state index < -0.39 is 12.1 Å². The van der Waals surface area contributed by atoms with Gasteiger partial charge in [-0.05, 0) is 61.7 Å². The van der Waals surface area contributed by atoms with Crippen molar-refractivity contribution < 1.29 is 19.1 Å². The molecule has 0 radical (unpaired) electrons. The first-order chi connectivity index (χ1) is 12.5. The molecule has 6 heteroatoms. The van der Waals surface area contributed by atoms with Gasteiger partial charge in [0.25, 0.3) is 5.91 Å². The standard InChI is InChI=1S/C20H20ClNO4/c1-13(19(23)22-17-8-9-17)26-20(24)15-4-2-14(3-5-15)12-25-18-10-6-16(21)7-11-18/h2-7,10-11,13,17H,8-9,12H2,1H3,(H,22,23)/t13-/m1/s1. The van der Waals surface area contributed by atoms with Gasteiger partial charge in [0.15, 0.2) is 6.10 Å². The number of hydrogen-bond donors (Lipinski definition) is 1. The third-order valence-electron chi connectivity index (χ3n) is 3.99. The number of rotatable bonds is 7. The second-order valence-electron chi connectivity index (χ2n) is 6.27. The van der Waals surface area contributed by atoms with Crippen molar-refractivity contribution in [1.29, 1.82) is 0 Å². The number of benzene rings is 2. The maximum absolute atomic E-state index is 12.1. The minimum absolute atomic E-state index is 0.239. The molecule has 2 aromatic carbocycles. The zero-order chi connectivity index (χ0) is 18.5. The quantitative estimate of drug-likeness (QED) is 0.751. The number of halogens is 1. The van der Waals surface area contributed by atoms with Gasteiger partial charge in [0.2, 0.25) is 0 Å². The van der Waals surface area contributed by atoms with Crippen LogP contribution in [0.25, 0.3) is 0 Å². The fraction of sp³-hybridized carbons (Fsp3) is 0.300. The van der Waals surface area contributed by atoms with E-state index in [9.17, 15) is 9.59 Å². The molecule has 0 aliphatic heterocycles. The molecule has 0 unspecified atom stereocenters. The smallest absolute Gasteiger partial charge is 0.338 e. The topological polar surface area (TPSA) is 64.6 Å². The highest BCUT2D eigenvalue weighted by atomic mass is 35.5. The first-order valence-electron chi connectivity index (χ1n) is 8.50. The molecule has 3 rings (SSSR count). The van der Waals surface area contributed by atoms with Crippen LogP contribution >= 0.6 is 11.6 Å². The highest BCUT2D eigenvalue weighted by Crippen LogP contribution is 2.19. The summed E-state index contributed by atoms with van der Waals surface area (Å²) in [6.45, 7) is 1.95. The molecule has 26 heavy (non-hydrogen) atoms. The van der Waals surface area contributed by atoms with Crippen LogP contribution in [0.2, 0.25) is 5.02 Å². The molecule has 0 aromatic heterocycles. The summed E-state index contributed by atoms with van der Waals surface area (Å²) in [7, 11) is 0. The zero-order valence-electron chi connectivity index (χ0n) is 14.4. The van der Waals surface area contributed by atoms with Crippen molar-refractivity contribution in [3.8, 4) is 5.75 Å². The number of amides is 1. The number of ether oxygens (including phenoxy) is 2. The van der Waals surface area contributed by atoms with Gasteiger partial charge in [-0.25, -0.2) is 4.79 Å². The average molecular weight is 374 g/mol. The largest absolute Gasteiger partial charge is 0.489 e. The van der Waals surface area contributed by atoms with Crippen molar-refractivity contribution in [3.63, 3.8) is 0 Å². The Labute approximate surface area is 157 Å². The van der Waals surface area contributed by atoms with Gasteiger partial charge >= 0.3 is 5.97 Å². The van der Waals surface area contributed by atoms with Crippen LogP contribution in [0.5, 0.6) is 5.75 Å². The molecule has 0 spiro atoms. The summed E-state index contributed by atoms with van der Waals surface area (Å²) in [6, 6.07) is 14.3. The molecule has 1 fully saturated rings. The van der Waals surface area contributed by atoms with E-state index in [0.717, 1.165) is 18.4 Å². The van der Waals surface area contributed by atoms with Gasteiger partial charge in [-0.15, -0.1) is 0 Å². The molecule has 0 bridgehead atoms. The fourth-order valence-corrected chi connectivity index (χ4v) is 2.39. The molecular formula is C20H20ClNO4. The summed E-state index contributed by atoms with van der Waals surface area (Å²) in [5.41, 5.74) is 1.31.